The molecule has 0 aliphatic rings. The average Bonchev–Trinajstić information content (AvgIpc) is 2.67. The maximum atomic E-state index is 12.3. The first-order valence-electron chi connectivity index (χ1n) is 8.77. The Kier molecular flexibility index (Phi) is 5.41. The van der Waals surface area contributed by atoms with Gasteiger partial charge >= 0.3 is 0 Å². The summed E-state index contributed by atoms with van der Waals surface area (Å²) in [6.07, 6.45) is -0.759. The van der Waals surface area contributed by atoms with Gasteiger partial charge in [0.05, 0.1) is 0 Å². The molecular formula is C22H22N2O3. The standard InChI is InChI=1S/C22H22N2O3/c1-14-7-6-10-20(15(14)2)22(26)24-23-21(25)16(3)27-19-12-11-17-8-4-5-9-18(17)13-19/h4-13,16H,1-3H3,(H,23,25)(H,24,26). The van der Waals surface area contributed by atoms with Gasteiger partial charge in [-0.3, -0.25) is 20.4 Å². The molecule has 2 amide bonds. The monoisotopic (exact) mass is 362 g/mol. The van der Waals surface area contributed by atoms with E-state index in [1.54, 1.807) is 13.0 Å². The molecule has 1 unspecified atom stereocenters. The zero-order valence-electron chi connectivity index (χ0n) is 15.6. The van der Waals surface area contributed by atoms with E-state index in [0.717, 1.165) is 21.9 Å². The average molecular weight is 362 g/mol. The third kappa shape index (κ3) is 4.26. The third-order valence-corrected chi connectivity index (χ3v) is 4.55. The molecule has 0 aliphatic carbocycles. The van der Waals surface area contributed by atoms with Crippen LogP contribution in [0.1, 0.15) is 28.4 Å². The Bertz CT molecular complexity index is 998. The number of hydrazine groups is 1. The van der Waals surface area contributed by atoms with Gasteiger partial charge in [0, 0.05) is 5.56 Å². The second-order valence-corrected chi connectivity index (χ2v) is 6.46. The number of carbonyl (C=O) groups excluding carboxylic acids is 2. The van der Waals surface area contributed by atoms with Crippen LogP contribution in [-0.2, 0) is 4.79 Å². The Labute approximate surface area is 158 Å². The van der Waals surface area contributed by atoms with Crippen molar-refractivity contribution in [1.82, 2.24) is 10.9 Å². The van der Waals surface area contributed by atoms with Crippen LogP contribution in [0, 0.1) is 13.8 Å². The quantitative estimate of drug-likeness (QED) is 0.696. The van der Waals surface area contributed by atoms with Crippen LogP contribution in [0.15, 0.2) is 60.7 Å². The predicted molar refractivity (Wildman–Crippen MR) is 106 cm³/mol. The van der Waals surface area contributed by atoms with Crippen molar-refractivity contribution in [2.24, 2.45) is 0 Å². The highest BCUT2D eigenvalue weighted by atomic mass is 16.5. The summed E-state index contributed by atoms with van der Waals surface area (Å²) in [5, 5.41) is 2.13. The minimum absolute atomic E-state index is 0.359. The summed E-state index contributed by atoms with van der Waals surface area (Å²) in [4.78, 5) is 24.5. The summed E-state index contributed by atoms with van der Waals surface area (Å²) in [5.41, 5.74) is 7.29. The molecule has 5 heteroatoms. The van der Waals surface area contributed by atoms with Crippen molar-refractivity contribution in [3.63, 3.8) is 0 Å². The second-order valence-electron chi connectivity index (χ2n) is 6.46. The lowest BCUT2D eigenvalue weighted by Gasteiger charge is -2.16. The highest BCUT2D eigenvalue weighted by Gasteiger charge is 2.17. The SMILES string of the molecule is Cc1cccc(C(=O)NNC(=O)C(C)Oc2ccc3ccccc3c2)c1C. The molecule has 0 aliphatic heterocycles. The molecule has 0 bridgehead atoms. The van der Waals surface area contributed by atoms with Crippen LogP contribution in [-0.4, -0.2) is 17.9 Å². The van der Waals surface area contributed by atoms with E-state index >= 15 is 0 Å². The molecular weight excluding hydrogens is 340 g/mol. The van der Waals surface area contributed by atoms with Gasteiger partial charge in [-0.25, -0.2) is 0 Å². The molecule has 3 aromatic carbocycles. The molecule has 3 rings (SSSR count). The number of fused-ring (bicyclic) bond motifs is 1. The van der Waals surface area contributed by atoms with Gasteiger partial charge in [0.1, 0.15) is 5.75 Å². The Morgan fingerprint density at radius 3 is 2.41 bits per heavy atom. The number of rotatable bonds is 4. The van der Waals surface area contributed by atoms with Crippen molar-refractivity contribution in [2.75, 3.05) is 0 Å². The van der Waals surface area contributed by atoms with E-state index in [2.05, 4.69) is 10.9 Å². The second kappa shape index (κ2) is 7.91. The number of benzene rings is 3. The molecule has 0 spiro atoms. The smallest absolute Gasteiger partial charge is 0.279 e. The molecule has 5 nitrogen and oxygen atoms in total. The van der Waals surface area contributed by atoms with Crippen LogP contribution < -0.4 is 15.6 Å². The van der Waals surface area contributed by atoms with E-state index in [4.69, 9.17) is 4.74 Å². The Morgan fingerprint density at radius 2 is 1.63 bits per heavy atom. The largest absolute Gasteiger partial charge is 0.481 e. The van der Waals surface area contributed by atoms with Crippen molar-refractivity contribution in [1.29, 1.82) is 0 Å². The first-order valence-corrected chi connectivity index (χ1v) is 8.77. The van der Waals surface area contributed by atoms with Crippen LogP contribution in [0.2, 0.25) is 0 Å². The molecule has 1 atom stereocenters. The zero-order chi connectivity index (χ0) is 19.4. The van der Waals surface area contributed by atoms with E-state index in [0.29, 0.717) is 11.3 Å². The number of amides is 2. The first kappa shape index (κ1) is 18.5. The van der Waals surface area contributed by atoms with E-state index < -0.39 is 12.0 Å². The summed E-state index contributed by atoms with van der Waals surface area (Å²) < 4.78 is 5.70. The van der Waals surface area contributed by atoms with Crippen LogP contribution in [0.4, 0.5) is 0 Å². The van der Waals surface area contributed by atoms with E-state index in [1.807, 2.05) is 68.4 Å². The van der Waals surface area contributed by atoms with E-state index in [1.165, 1.54) is 0 Å². The van der Waals surface area contributed by atoms with Crippen molar-refractivity contribution in [3.05, 3.63) is 77.4 Å². The normalized spacial score (nSPS) is 11.7. The van der Waals surface area contributed by atoms with E-state index in [-0.39, 0.29) is 5.91 Å². The maximum Gasteiger partial charge on any atom is 0.279 e. The van der Waals surface area contributed by atoms with Crippen LogP contribution in [0.3, 0.4) is 0 Å². The molecule has 0 radical (unpaired) electrons. The van der Waals surface area contributed by atoms with Gasteiger partial charge in [0.2, 0.25) is 0 Å². The molecule has 2 N–H and O–H groups in total. The third-order valence-electron chi connectivity index (χ3n) is 4.55. The fourth-order valence-electron chi connectivity index (χ4n) is 2.78. The minimum atomic E-state index is -0.759. The number of nitrogens with one attached hydrogen (secondary N) is 2. The van der Waals surface area contributed by atoms with Crippen LogP contribution in [0.5, 0.6) is 5.75 Å². The molecule has 27 heavy (non-hydrogen) atoms. The molecule has 0 saturated carbocycles. The number of hydrogen-bond acceptors (Lipinski definition) is 3. The van der Waals surface area contributed by atoms with Gasteiger partial charge < -0.3 is 4.74 Å². The topological polar surface area (TPSA) is 67.4 Å². The molecule has 0 heterocycles. The first-order chi connectivity index (χ1) is 13.0. The number of ether oxygens (including phenoxy) is 1. The summed E-state index contributed by atoms with van der Waals surface area (Å²) in [5.74, 6) is -0.193. The Morgan fingerprint density at radius 1 is 0.889 bits per heavy atom. The molecule has 0 aromatic heterocycles. The molecule has 0 saturated heterocycles. The lowest BCUT2D eigenvalue weighted by atomic mass is 10.0. The van der Waals surface area contributed by atoms with Gasteiger partial charge in [-0.05, 0) is 60.9 Å². The van der Waals surface area contributed by atoms with Crippen molar-refractivity contribution >= 4 is 22.6 Å². The Hall–Kier alpha value is -3.34. The van der Waals surface area contributed by atoms with Gasteiger partial charge in [-0.15, -0.1) is 0 Å². The van der Waals surface area contributed by atoms with Gasteiger partial charge in [-0.1, -0.05) is 42.5 Å². The fourth-order valence-corrected chi connectivity index (χ4v) is 2.78. The molecule has 3 aromatic rings. The zero-order valence-corrected chi connectivity index (χ0v) is 15.6. The number of hydrogen-bond donors (Lipinski definition) is 2. The highest BCUT2D eigenvalue weighted by molar-refractivity contribution is 5.97. The van der Waals surface area contributed by atoms with Crippen molar-refractivity contribution < 1.29 is 14.3 Å². The summed E-state index contributed by atoms with van der Waals surface area (Å²) in [6.45, 7) is 5.44. The van der Waals surface area contributed by atoms with Crippen molar-refractivity contribution in [3.8, 4) is 5.75 Å². The number of aryl methyl sites for hydroxylation is 1. The summed E-state index contributed by atoms with van der Waals surface area (Å²) in [6, 6.07) is 19.0. The van der Waals surface area contributed by atoms with Gasteiger partial charge in [0.15, 0.2) is 6.10 Å². The predicted octanol–water partition coefficient (Wildman–Crippen LogP) is 3.69. The molecule has 138 valence electrons. The highest BCUT2D eigenvalue weighted by Crippen LogP contribution is 2.21. The maximum absolute atomic E-state index is 12.3. The summed E-state index contributed by atoms with van der Waals surface area (Å²) in [7, 11) is 0. The Balaban J connectivity index is 1.60. The van der Waals surface area contributed by atoms with Gasteiger partial charge in [-0.2, -0.15) is 0 Å². The van der Waals surface area contributed by atoms with Crippen LogP contribution in [0.25, 0.3) is 10.8 Å². The van der Waals surface area contributed by atoms with Crippen molar-refractivity contribution in [2.45, 2.75) is 26.9 Å². The van der Waals surface area contributed by atoms with Gasteiger partial charge in [0.25, 0.3) is 11.8 Å². The number of carbonyl (C=O) groups is 2. The summed E-state index contributed by atoms with van der Waals surface area (Å²) >= 11 is 0. The lowest BCUT2D eigenvalue weighted by molar-refractivity contribution is -0.128. The lowest BCUT2D eigenvalue weighted by Crippen LogP contribution is -2.47. The van der Waals surface area contributed by atoms with E-state index in [9.17, 15) is 9.59 Å². The minimum Gasteiger partial charge on any atom is -0.481 e. The van der Waals surface area contributed by atoms with Crippen LogP contribution >= 0.6 is 0 Å². The molecule has 0 fully saturated rings. The fraction of sp³-hybridized carbons (Fsp3) is 0.182.